The molecule has 0 saturated heterocycles. The Morgan fingerprint density at radius 3 is 2.36 bits per heavy atom. The van der Waals surface area contributed by atoms with Gasteiger partial charge in [-0.1, -0.05) is 0 Å². The molecule has 1 aromatic heterocycles. The lowest BCUT2D eigenvalue weighted by Gasteiger charge is -2.24. The molecule has 0 radical (unpaired) electrons. The average molecular weight is 344 g/mol. The van der Waals surface area contributed by atoms with E-state index in [0.29, 0.717) is 29.4 Å². The number of aryl methyl sites for hydroxylation is 1. The SMILES string of the molecule is COc1ccc(C(=O)N(Cc2cccn2C)C2CC2)c(OC)c1OC. The highest BCUT2D eigenvalue weighted by Gasteiger charge is 2.35. The Labute approximate surface area is 147 Å². The fraction of sp³-hybridized carbons (Fsp3) is 0.421. The van der Waals surface area contributed by atoms with Crippen LogP contribution in [-0.4, -0.2) is 42.7 Å². The van der Waals surface area contributed by atoms with Crippen LogP contribution in [0.2, 0.25) is 0 Å². The zero-order valence-electron chi connectivity index (χ0n) is 15.1. The van der Waals surface area contributed by atoms with Gasteiger partial charge in [0, 0.05) is 25.0 Å². The van der Waals surface area contributed by atoms with Crippen molar-refractivity contribution >= 4 is 5.91 Å². The van der Waals surface area contributed by atoms with Gasteiger partial charge in [-0.05, 0) is 37.1 Å². The first-order chi connectivity index (χ1) is 12.1. The summed E-state index contributed by atoms with van der Waals surface area (Å²) < 4.78 is 18.2. The molecule has 1 heterocycles. The number of rotatable bonds is 7. The average Bonchev–Trinajstić information content (AvgIpc) is 3.40. The van der Waals surface area contributed by atoms with E-state index in [-0.39, 0.29) is 11.9 Å². The molecule has 1 fully saturated rings. The minimum atomic E-state index is -0.0542. The highest BCUT2D eigenvalue weighted by atomic mass is 16.5. The van der Waals surface area contributed by atoms with E-state index in [1.165, 1.54) is 14.2 Å². The fourth-order valence-electron chi connectivity index (χ4n) is 3.01. The number of nitrogens with zero attached hydrogens (tertiary/aromatic N) is 2. The summed E-state index contributed by atoms with van der Waals surface area (Å²) in [6, 6.07) is 7.78. The van der Waals surface area contributed by atoms with Crippen molar-refractivity contribution in [2.75, 3.05) is 21.3 Å². The molecule has 1 aliphatic carbocycles. The van der Waals surface area contributed by atoms with Gasteiger partial charge < -0.3 is 23.7 Å². The van der Waals surface area contributed by atoms with Crippen molar-refractivity contribution in [1.82, 2.24) is 9.47 Å². The molecule has 134 valence electrons. The predicted molar refractivity (Wildman–Crippen MR) is 94.4 cm³/mol. The number of carbonyl (C=O) groups is 1. The third-order valence-electron chi connectivity index (χ3n) is 4.57. The van der Waals surface area contributed by atoms with Crippen molar-refractivity contribution in [3.8, 4) is 17.2 Å². The quantitative estimate of drug-likeness (QED) is 0.775. The normalized spacial score (nSPS) is 13.4. The highest BCUT2D eigenvalue weighted by molar-refractivity contribution is 5.98. The molecule has 0 unspecified atom stereocenters. The van der Waals surface area contributed by atoms with E-state index in [4.69, 9.17) is 14.2 Å². The molecule has 0 N–H and O–H groups in total. The highest BCUT2D eigenvalue weighted by Crippen LogP contribution is 2.41. The Morgan fingerprint density at radius 1 is 1.12 bits per heavy atom. The summed E-state index contributed by atoms with van der Waals surface area (Å²) in [6.45, 7) is 0.574. The van der Waals surface area contributed by atoms with E-state index < -0.39 is 0 Å². The van der Waals surface area contributed by atoms with E-state index in [0.717, 1.165) is 18.5 Å². The van der Waals surface area contributed by atoms with Gasteiger partial charge in [-0.25, -0.2) is 0 Å². The van der Waals surface area contributed by atoms with Crippen molar-refractivity contribution in [2.45, 2.75) is 25.4 Å². The number of ether oxygens (including phenoxy) is 3. The number of methoxy groups -OCH3 is 3. The minimum absolute atomic E-state index is 0.0542. The maximum absolute atomic E-state index is 13.3. The second-order valence-electron chi connectivity index (χ2n) is 6.16. The Kier molecular flexibility index (Phi) is 4.88. The summed E-state index contributed by atoms with van der Waals surface area (Å²) in [6.07, 6.45) is 4.05. The van der Waals surface area contributed by atoms with Crippen molar-refractivity contribution in [3.05, 3.63) is 41.7 Å². The van der Waals surface area contributed by atoms with Crippen LogP contribution >= 0.6 is 0 Å². The van der Waals surface area contributed by atoms with Gasteiger partial charge >= 0.3 is 0 Å². The maximum Gasteiger partial charge on any atom is 0.258 e. The van der Waals surface area contributed by atoms with Crippen LogP contribution in [-0.2, 0) is 13.6 Å². The van der Waals surface area contributed by atoms with Crippen molar-refractivity contribution < 1.29 is 19.0 Å². The maximum atomic E-state index is 13.3. The second kappa shape index (κ2) is 7.09. The number of carbonyl (C=O) groups excluding carboxylic acids is 1. The Bertz CT molecular complexity index is 765. The lowest BCUT2D eigenvalue weighted by atomic mass is 10.1. The van der Waals surface area contributed by atoms with E-state index in [1.807, 2.05) is 34.8 Å². The zero-order valence-corrected chi connectivity index (χ0v) is 15.1. The lowest BCUT2D eigenvalue weighted by molar-refractivity contribution is 0.0722. The molecule has 1 aliphatic rings. The second-order valence-corrected chi connectivity index (χ2v) is 6.16. The molecule has 0 aliphatic heterocycles. The topological polar surface area (TPSA) is 52.9 Å². The molecular weight excluding hydrogens is 320 g/mol. The summed E-state index contributed by atoms with van der Waals surface area (Å²) in [7, 11) is 6.62. The predicted octanol–water partition coefficient (Wildman–Crippen LogP) is 2.86. The van der Waals surface area contributed by atoms with Crippen LogP contribution in [0.1, 0.15) is 28.9 Å². The van der Waals surface area contributed by atoms with Crippen LogP contribution in [0, 0.1) is 0 Å². The van der Waals surface area contributed by atoms with Gasteiger partial charge in [0.05, 0.1) is 33.4 Å². The largest absolute Gasteiger partial charge is 0.493 e. The molecule has 0 atom stereocenters. The number of hydrogen-bond acceptors (Lipinski definition) is 4. The van der Waals surface area contributed by atoms with Gasteiger partial charge in [-0.2, -0.15) is 0 Å². The Balaban J connectivity index is 1.96. The molecular formula is C19H24N2O4. The summed E-state index contributed by atoms with van der Waals surface area (Å²) in [4.78, 5) is 15.2. The van der Waals surface area contributed by atoms with Gasteiger partial charge in [0.1, 0.15) is 0 Å². The standard InChI is InChI=1S/C19H24N2O4/c1-20-11-5-6-14(20)12-21(13-7-8-13)19(22)15-9-10-16(23-2)18(25-4)17(15)24-3/h5-6,9-11,13H,7-8,12H2,1-4H3. The number of hydrogen-bond donors (Lipinski definition) is 0. The zero-order chi connectivity index (χ0) is 18.0. The number of aromatic nitrogens is 1. The van der Waals surface area contributed by atoms with Crippen LogP contribution in [0.4, 0.5) is 0 Å². The van der Waals surface area contributed by atoms with Crippen LogP contribution in [0.15, 0.2) is 30.5 Å². The number of amides is 1. The molecule has 1 saturated carbocycles. The fourth-order valence-corrected chi connectivity index (χ4v) is 3.01. The minimum Gasteiger partial charge on any atom is -0.493 e. The van der Waals surface area contributed by atoms with Crippen molar-refractivity contribution in [1.29, 1.82) is 0 Å². The van der Waals surface area contributed by atoms with Crippen LogP contribution in [0.3, 0.4) is 0 Å². The summed E-state index contributed by atoms with van der Waals surface area (Å²) in [5.41, 5.74) is 1.58. The van der Waals surface area contributed by atoms with E-state index >= 15 is 0 Å². The first kappa shape index (κ1) is 17.2. The molecule has 2 aromatic rings. The van der Waals surface area contributed by atoms with Crippen LogP contribution in [0.25, 0.3) is 0 Å². The van der Waals surface area contributed by atoms with Gasteiger partial charge in [0.2, 0.25) is 5.75 Å². The smallest absolute Gasteiger partial charge is 0.258 e. The van der Waals surface area contributed by atoms with Crippen LogP contribution < -0.4 is 14.2 Å². The first-order valence-corrected chi connectivity index (χ1v) is 8.30. The summed E-state index contributed by atoms with van der Waals surface area (Å²) >= 11 is 0. The van der Waals surface area contributed by atoms with Gasteiger partial charge in [-0.3, -0.25) is 4.79 Å². The molecule has 6 heteroatoms. The van der Waals surface area contributed by atoms with Crippen molar-refractivity contribution in [3.63, 3.8) is 0 Å². The summed E-state index contributed by atoms with van der Waals surface area (Å²) in [5, 5.41) is 0. The van der Waals surface area contributed by atoms with Crippen LogP contribution in [0.5, 0.6) is 17.2 Å². The third-order valence-corrected chi connectivity index (χ3v) is 4.57. The van der Waals surface area contributed by atoms with E-state index in [9.17, 15) is 4.79 Å². The monoisotopic (exact) mass is 344 g/mol. The molecule has 1 aromatic carbocycles. The lowest BCUT2D eigenvalue weighted by Crippen LogP contribution is -2.33. The third kappa shape index (κ3) is 3.29. The first-order valence-electron chi connectivity index (χ1n) is 8.30. The summed E-state index contributed by atoms with van der Waals surface area (Å²) in [5.74, 6) is 1.33. The van der Waals surface area contributed by atoms with Crippen molar-refractivity contribution in [2.24, 2.45) is 7.05 Å². The van der Waals surface area contributed by atoms with E-state index in [2.05, 4.69) is 0 Å². The Morgan fingerprint density at radius 2 is 1.84 bits per heavy atom. The van der Waals surface area contributed by atoms with Gasteiger partial charge in [-0.15, -0.1) is 0 Å². The molecule has 1 amide bonds. The molecule has 0 spiro atoms. The van der Waals surface area contributed by atoms with Gasteiger partial charge in [0.15, 0.2) is 11.5 Å². The Hall–Kier alpha value is -2.63. The molecule has 0 bridgehead atoms. The van der Waals surface area contributed by atoms with E-state index in [1.54, 1.807) is 19.2 Å². The molecule has 25 heavy (non-hydrogen) atoms. The number of benzene rings is 1. The molecule has 3 rings (SSSR count). The molecule has 6 nitrogen and oxygen atoms in total. The van der Waals surface area contributed by atoms with Gasteiger partial charge in [0.25, 0.3) is 5.91 Å².